The summed E-state index contributed by atoms with van der Waals surface area (Å²) in [7, 11) is 6.74. The van der Waals surface area contributed by atoms with Gasteiger partial charge in [-0.1, -0.05) is 38.2 Å². The summed E-state index contributed by atoms with van der Waals surface area (Å²) in [4.78, 5) is 53.7. The molecule has 0 saturated heterocycles. The number of fused-ring (bicyclic) bond motifs is 2. The number of ether oxygens (including phenoxy) is 3. The number of allylic oxidation sites excluding steroid dienone is 4. The zero-order valence-corrected chi connectivity index (χ0v) is 27.0. The Morgan fingerprint density at radius 1 is 1.16 bits per heavy atom. The Balaban J connectivity index is 2.60. The lowest BCUT2D eigenvalue weighted by Crippen LogP contribution is -2.38. The number of carbonyl (C=O) groups excluding carboxylic acids is 4. The first-order valence-corrected chi connectivity index (χ1v) is 14.7. The Bertz CT molecular complexity index is 1230. The van der Waals surface area contributed by atoms with Crippen molar-refractivity contribution < 1.29 is 38.5 Å². The Labute approximate surface area is 260 Å². The molecule has 0 fully saturated rings. The Kier molecular flexibility index (Phi) is 14.2. The van der Waals surface area contributed by atoms with Gasteiger partial charge in [-0.25, -0.2) is 4.79 Å². The smallest absolute Gasteiger partial charge is 0.405 e. The number of rotatable bonds is 7. The largest absolute Gasteiger partial charge is 0.439 e. The number of nitrogens with two attached hydrogens (primary N) is 1. The van der Waals surface area contributed by atoms with Gasteiger partial charge in [-0.3, -0.25) is 14.4 Å². The summed E-state index contributed by atoms with van der Waals surface area (Å²) in [5, 5.41) is 17.0. The molecule has 2 bridgehead atoms. The molecule has 0 spiro atoms. The number of primary amides is 1. The van der Waals surface area contributed by atoms with Gasteiger partial charge in [0.1, 0.15) is 6.10 Å². The van der Waals surface area contributed by atoms with Crippen molar-refractivity contribution in [3.05, 3.63) is 58.5 Å². The molecule has 0 aromatic heterocycles. The minimum absolute atomic E-state index is 0.114. The standard InChI is InChI=1S/C32H48N4O8/c1-18-14-22-27(34-12-13-36(5)6)24(37)17-23(29(22)39)35-31(40)19(2)10-9-11-25(42-7)30(44-32(33)41)21(4)16-20(3)28(38)26(15-18)43-8/h9-11,16-18,20,25-26,28,30,34,38H,12-15H2,1-8H3,(H2,33,41)(H,35,40)/b11-9-,19-10-,21-16-/t18-,20+,25-,26+,28+,30-/m0/s1. The molecule has 2 aliphatic rings. The first-order valence-electron chi connectivity index (χ1n) is 14.7. The number of carbonyl (C=O) groups is 4. The molecule has 6 atom stereocenters. The van der Waals surface area contributed by atoms with Gasteiger partial charge in [0, 0.05) is 50.4 Å². The summed E-state index contributed by atoms with van der Waals surface area (Å²) in [6.45, 7) is 8.09. The lowest BCUT2D eigenvalue weighted by atomic mass is 9.85. The highest BCUT2D eigenvalue weighted by Gasteiger charge is 2.33. The van der Waals surface area contributed by atoms with Crippen LogP contribution in [-0.2, 0) is 28.6 Å². The molecule has 1 aliphatic carbocycles. The molecule has 2 amide bonds. The van der Waals surface area contributed by atoms with Crippen LogP contribution in [0.3, 0.4) is 0 Å². The molecule has 0 aromatic carbocycles. The summed E-state index contributed by atoms with van der Waals surface area (Å²) >= 11 is 0. The Morgan fingerprint density at radius 3 is 2.43 bits per heavy atom. The lowest BCUT2D eigenvalue weighted by molar-refractivity contribution is -0.120. The molecule has 0 radical (unpaired) electrons. The van der Waals surface area contributed by atoms with E-state index in [0.29, 0.717) is 25.1 Å². The Hall–Kier alpha value is -3.58. The van der Waals surface area contributed by atoms with Crippen LogP contribution in [0.25, 0.3) is 0 Å². The number of amides is 2. The van der Waals surface area contributed by atoms with Crippen LogP contribution in [0.15, 0.2) is 58.5 Å². The van der Waals surface area contributed by atoms with Crippen molar-refractivity contribution >= 4 is 23.6 Å². The topological polar surface area (TPSA) is 170 Å². The van der Waals surface area contributed by atoms with Crippen LogP contribution in [0.4, 0.5) is 4.79 Å². The first-order chi connectivity index (χ1) is 20.7. The van der Waals surface area contributed by atoms with E-state index < -0.39 is 53.9 Å². The lowest BCUT2D eigenvalue weighted by Gasteiger charge is -2.30. The monoisotopic (exact) mass is 616 g/mol. The minimum Gasteiger partial charge on any atom is -0.439 e. The number of nitrogens with one attached hydrogen (secondary N) is 2. The number of likely N-dealkylation sites (N-methyl/N-ethyl adjacent to an activating group) is 1. The number of aliphatic hydroxyl groups excluding tert-OH is 1. The number of aliphatic hydroxyl groups is 1. The van der Waals surface area contributed by atoms with E-state index in [4.69, 9.17) is 19.9 Å². The van der Waals surface area contributed by atoms with Crippen molar-refractivity contribution in [2.24, 2.45) is 17.6 Å². The fourth-order valence-corrected chi connectivity index (χ4v) is 5.18. The van der Waals surface area contributed by atoms with Gasteiger partial charge >= 0.3 is 6.09 Å². The van der Waals surface area contributed by atoms with Gasteiger partial charge in [-0.05, 0) is 52.3 Å². The fourth-order valence-electron chi connectivity index (χ4n) is 5.18. The molecule has 2 rings (SSSR count). The first kappa shape index (κ1) is 36.6. The van der Waals surface area contributed by atoms with Crippen LogP contribution >= 0.6 is 0 Å². The molecule has 0 saturated carbocycles. The van der Waals surface area contributed by atoms with Gasteiger partial charge < -0.3 is 40.6 Å². The minimum atomic E-state index is -0.997. The zero-order valence-electron chi connectivity index (χ0n) is 27.0. The van der Waals surface area contributed by atoms with E-state index in [1.807, 2.05) is 32.8 Å². The maximum Gasteiger partial charge on any atom is 0.405 e. The van der Waals surface area contributed by atoms with Crippen molar-refractivity contribution in [1.82, 2.24) is 15.5 Å². The summed E-state index contributed by atoms with van der Waals surface area (Å²) < 4.78 is 16.6. The van der Waals surface area contributed by atoms with Crippen LogP contribution in [0.5, 0.6) is 0 Å². The van der Waals surface area contributed by atoms with Crippen molar-refractivity contribution in [2.75, 3.05) is 41.4 Å². The molecule has 44 heavy (non-hydrogen) atoms. The summed E-state index contributed by atoms with van der Waals surface area (Å²) in [5.74, 6) is -2.06. The van der Waals surface area contributed by atoms with Crippen LogP contribution in [0, 0.1) is 11.8 Å². The Morgan fingerprint density at radius 2 is 1.84 bits per heavy atom. The number of hydrogen-bond donors (Lipinski definition) is 4. The van der Waals surface area contributed by atoms with Crippen molar-refractivity contribution in [3.8, 4) is 0 Å². The van der Waals surface area contributed by atoms with Gasteiger partial charge in [0.2, 0.25) is 11.6 Å². The maximum atomic E-state index is 13.7. The van der Waals surface area contributed by atoms with Gasteiger partial charge in [-0.2, -0.15) is 0 Å². The van der Waals surface area contributed by atoms with Crippen LogP contribution in [0.2, 0.25) is 0 Å². The van der Waals surface area contributed by atoms with E-state index in [-0.39, 0.29) is 34.9 Å². The molecular formula is C32H48N4O8. The number of Topliss-reactive ketones (excluding diaryl/α,β-unsaturated/α-hetero) is 1. The fraction of sp³-hybridized carbons (Fsp3) is 0.562. The van der Waals surface area contributed by atoms with Crippen LogP contribution in [-0.4, -0.2) is 99.4 Å². The number of methoxy groups -OCH3 is 2. The van der Waals surface area contributed by atoms with Crippen LogP contribution < -0.4 is 16.4 Å². The molecule has 0 aromatic rings. The third-order valence-electron chi connectivity index (χ3n) is 7.65. The van der Waals surface area contributed by atoms with Gasteiger partial charge in [0.15, 0.2) is 6.10 Å². The third-order valence-corrected chi connectivity index (χ3v) is 7.65. The highest BCUT2D eigenvalue weighted by atomic mass is 16.6. The van der Waals surface area contributed by atoms with Gasteiger partial charge in [0.25, 0.3) is 5.91 Å². The van der Waals surface area contributed by atoms with Crippen molar-refractivity contribution in [1.29, 1.82) is 0 Å². The molecule has 12 nitrogen and oxygen atoms in total. The van der Waals surface area contributed by atoms with E-state index >= 15 is 0 Å². The number of nitrogens with zero attached hydrogens (tertiary/aromatic N) is 1. The summed E-state index contributed by atoms with van der Waals surface area (Å²) in [6, 6.07) is 0. The second-order valence-corrected chi connectivity index (χ2v) is 11.7. The summed E-state index contributed by atoms with van der Waals surface area (Å²) in [5.41, 5.74) is 6.55. The second-order valence-electron chi connectivity index (χ2n) is 11.7. The maximum absolute atomic E-state index is 13.7. The summed E-state index contributed by atoms with van der Waals surface area (Å²) in [6.07, 6.45) is 3.88. The molecule has 1 heterocycles. The van der Waals surface area contributed by atoms with E-state index in [1.54, 1.807) is 32.1 Å². The predicted molar refractivity (Wildman–Crippen MR) is 166 cm³/mol. The highest BCUT2D eigenvalue weighted by Crippen LogP contribution is 2.28. The SMILES string of the molecule is CO[C@H]1/C=C\C=C(\C)C(=O)NC2=CC(=O)C(NCCN(C)C)=C(C[C@H](C)C[C@@H](OC)[C@H](O)[C@H](C)/C=C(/C)[C@@H]1OC(N)=O)C2=O. The molecule has 0 unspecified atom stereocenters. The molecule has 244 valence electrons. The average Bonchev–Trinajstić information content (AvgIpc) is 2.95. The number of hydrogen-bond acceptors (Lipinski definition) is 10. The molecule has 12 heteroatoms. The van der Waals surface area contributed by atoms with Gasteiger partial charge in [0.05, 0.1) is 23.6 Å². The highest BCUT2D eigenvalue weighted by molar-refractivity contribution is 6.23. The van der Waals surface area contributed by atoms with E-state index in [0.717, 1.165) is 6.08 Å². The van der Waals surface area contributed by atoms with E-state index in [9.17, 15) is 24.3 Å². The quantitative estimate of drug-likeness (QED) is 0.245. The van der Waals surface area contributed by atoms with Crippen LogP contribution in [0.1, 0.15) is 40.5 Å². The molecule has 5 N–H and O–H groups in total. The van der Waals surface area contributed by atoms with E-state index in [2.05, 4.69) is 10.6 Å². The zero-order chi connectivity index (χ0) is 33.1. The number of ketones is 2. The molecule has 1 aliphatic heterocycles. The molecular weight excluding hydrogens is 568 g/mol. The third kappa shape index (κ3) is 10.3. The second kappa shape index (κ2) is 17.0. The van der Waals surface area contributed by atoms with Gasteiger partial charge in [-0.15, -0.1) is 0 Å². The predicted octanol–water partition coefficient (Wildman–Crippen LogP) is 1.91. The normalized spacial score (nSPS) is 31.0. The van der Waals surface area contributed by atoms with Crippen molar-refractivity contribution in [3.63, 3.8) is 0 Å². The van der Waals surface area contributed by atoms with E-state index in [1.165, 1.54) is 20.3 Å². The van der Waals surface area contributed by atoms with Crippen molar-refractivity contribution in [2.45, 2.75) is 65.0 Å². The average molecular weight is 617 g/mol.